The first-order valence-electron chi connectivity index (χ1n) is 7.05. The van der Waals surface area contributed by atoms with E-state index in [2.05, 4.69) is 4.98 Å². The maximum atomic E-state index is 13.8. The van der Waals surface area contributed by atoms with E-state index in [1.54, 1.807) is 26.0 Å². The van der Waals surface area contributed by atoms with Crippen molar-refractivity contribution in [2.75, 3.05) is 4.90 Å². The van der Waals surface area contributed by atoms with Crippen LogP contribution in [0.1, 0.15) is 19.6 Å². The van der Waals surface area contributed by atoms with Crippen LogP contribution in [0.4, 0.5) is 13.9 Å². The van der Waals surface area contributed by atoms with Gasteiger partial charge in [0.1, 0.15) is 17.1 Å². The van der Waals surface area contributed by atoms with Crippen LogP contribution in [0.2, 0.25) is 0 Å². The summed E-state index contributed by atoms with van der Waals surface area (Å²) in [5.74, 6) is -1.25. The van der Waals surface area contributed by atoms with E-state index in [4.69, 9.17) is 4.42 Å². The molecule has 0 fully saturated rings. The van der Waals surface area contributed by atoms with Gasteiger partial charge in [0.15, 0.2) is 10.9 Å². The second-order valence-corrected chi connectivity index (χ2v) is 6.40. The molecule has 0 aliphatic heterocycles. The molecule has 3 aromatic rings. The summed E-state index contributed by atoms with van der Waals surface area (Å²) in [6.07, 6.45) is 1.51. The summed E-state index contributed by atoms with van der Waals surface area (Å²) >= 11 is 1.07. The molecule has 0 bridgehead atoms. The smallest absolute Gasteiger partial charge is 0.231 e. The van der Waals surface area contributed by atoms with Gasteiger partial charge in [-0.2, -0.15) is 0 Å². The number of carbonyl (C=O) groups is 1. The molecule has 2 aromatic heterocycles. The van der Waals surface area contributed by atoms with Crippen LogP contribution in [-0.4, -0.2) is 10.9 Å². The number of fused-ring (bicyclic) bond motifs is 1. The third kappa shape index (κ3) is 3.10. The van der Waals surface area contributed by atoms with Gasteiger partial charge in [0.25, 0.3) is 0 Å². The van der Waals surface area contributed by atoms with Gasteiger partial charge >= 0.3 is 0 Å². The Labute approximate surface area is 135 Å². The number of aromatic nitrogens is 1. The van der Waals surface area contributed by atoms with E-state index >= 15 is 0 Å². The molecule has 0 N–H and O–H groups in total. The summed E-state index contributed by atoms with van der Waals surface area (Å²) in [6.45, 7) is 3.73. The van der Waals surface area contributed by atoms with Crippen molar-refractivity contribution in [1.29, 1.82) is 0 Å². The lowest BCUT2D eigenvalue weighted by Gasteiger charge is -2.20. The monoisotopic (exact) mass is 336 g/mol. The minimum absolute atomic E-state index is 0.0624. The van der Waals surface area contributed by atoms with Gasteiger partial charge in [-0.15, -0.1) is 0 Å². The predicted octanol–water partition coefficient (Wildman–Crippen LogP) is 4.36. The summed E-state index contributed by atoms with van der Waals surface area (Å²) in [5.41, 5.74) is 0.0624. The van der Waals surface area contributed by atoms with E-state index in [1.165, 1.54) is 17.2 Å². The van der Waals surface area contributed by atoms with Crippen LogP contribution in [0.15, 0.2) is 34.9 Å². The lowest BCUT2D eigenvalue weighted by atomic mass is 10.2. The number of benzene rings is 1. The van der Waals surface area contributed by atoms with Gasteiger partial charge in [-0.05, 0) is 18.2 Å². The third-order valence-corrected chi connectivity index (χ3v) is 4.31. The first kappa shape index (κ1) is 15.6. The second-order valence-electron chi connectivity index (χ2n) is 5.39. The lowest BCUT2D eigenvalue weighted by molar-refractivity contribution is -0.121. The van der Waals surface area contributed by atoms with E-state index in [0.29, 0.717) is 15.6 Å². The highest BCUT2D eigenvalue weighted by molar-refractivity contribution is 7.22. The fourth-order valence-electron chi connectivity index (χ4n) is 2.17. The summed E-state index contributed by atoms with van der Waals surface area (Å²) < 4.78 is 32.8. The third-order valence-electron chi connectivity index (χ3n) is 3.29. The summed E-state index contributed by atoms with van der Waals surface area (Å²) in [5, 5.41) is 0.319. The van der Waals surface area contributed by atoms with Gasteiger partial charge in [-0.25, -0.2) is 13.8 Å². The second kappa shape index (κ2) is 6.08. The first-order valence-corrected chi connectivity index (χ1v) is 7.86. The van der Waals surface area contributed by atoms with Crippen LogP contribution in [0, 0.1) is 17.6 Å². The Morgan fingerprint density at radius 1 is 1.39 bits per heavy atom. The molecule has 0 spiro atoms. The van der Waals surface area contributed by atoms with Crippen LogP contribution >= 0.6 is 11.3 Å². The van der Waals surface area contributed by atoms with Crippen molar-refractivity contribution in [2.24, 2.45) is 5.92 Å². The Kier molecular flexibility index (Phi) is 4.12. The topological polar surface area (TPSA) is 46.3 Å². The number of thiazole rings is 1. The molecular formula is C16H14F2N2O2S. The Morgan fingerprint density at radius 2 is 2.17 bits per heavy atom. The first-order chi connectivity index (χ1) is 11.0. The molecule has 3 rings (SSSR count). The quantitative estimate of drug-likeness (QED) is 0.711. The average Bonchev–Trinajstić information content (AvgIpc) is 3.12. The van der Waals surface area contributed by atoms with Gasteiger partial charge in [-0.1, -0.05) is 25.2 Å². The Morgan fingerprint density at radius 3 is 2.83 bits per heavy atom. The van der Waals surface area contributed by atoms with Crippen LogP contribution in [0.3, 0.4) is 0 Å². The number of halogens is 2. The zero-order chi connectivity index (χ0) is 16.6. The van der Waals surface area contributed by atoms with E-state index in [-0.39, 0.29) is 23.9 Å². The highest BCUT2D eigenvalue weighted by Crippen LogP contribution is 2.32. The van der Waals surface area contributed by atoms with Gasteiger partial charge < -0.3 is 4.42 Å². The number of rotatable bonds is 4. The standard InChI is InChI=1S/C16H14F2N2O2S/c1-9(2)15(21)20(8-11-4-3-5-22-11)16-19-14-12(18)6-10(17)7-13(14)23-16/h3-7,9H,8H2,1-2H3. The molecule has 0 unspecified atom stereocenters. The van der Waals surface area contributed by atoms with E-state index in [9.17, 15) is 13.6 Å². The van der Waals surface area contributed by atoms with Crippen molar-refractivity contribution in [3.05, 3.63) is 47.9 Å². The molecule has 0 radical (unpaired) electrons. The molecule has 7 heteroatoms. The van der Waals surface area contributed by atoms with Crippen molar-refractivity contribution < 1.29 is 18.0 Å². The number of hydrogen-bond donors (Lipinski definition) is 0. The van der Waals surface area contributed by atoms with E-state index in [1.807, 2.05) is 0 Å². The van der Waals surface area contributed by atoms with E-state index < -0.39 is 11.6 Å². The van der Waals surface area contributed by atoms with Gasteiger partial charge in [-0.3, -0.25) is 9.69 Å². The molecule has 2 heterocycles. The normalized spacial score (nSPS) is 11.3. The Hall–Kier alpha value is -2.28. The number of carbonyl (C=O) groups excluding carboxylic acids is 1. The lowest BCUT2D eigenvalue weighted by Crippen LogP contribution is -2.33. The molecule has 0 saturated heterocycles. The van der Waals surface area contributed by atoms with Crippen molar-refractivity contribution in [3.63, 3.8) is 0 Å². The molecule has 0 aliphatic carbocycles. The maximum Gasteiger partial charge on any atom is 0.231 e. The van der Waals surface area contributed by atoms with Crippen molar-refractivity contribution in [1.82, 2.24) is 4.98 Å². The minimum atomic E-state index is -0.738. The summed E-state index contributed by atoms with van der Waals surface area (Å²) in [6, 6.07) is 5.46. The van der Waals surface area contributed by atoms with Crippen molar-refractivity contribution in [3.8, 4) is 0 Å². The van der Waals surface area contributed by atoms with Crippen LogP contribution in [0.5, 0.6) is 0 Å². The largest absolute Gasteiger partial charge is 0.467 e. The fourth-order valence-corrected chi connectivity index (χ4v) is 3.18. The van der Waals surface area contributed by atoms with Crippen LogP contribution < -0.4 is 4.90 Å². The molecular weight excluding hydrogens is 322 g/mol. The number of hydrogen-bond acceptors (Lipinski definition) is 4. The zero-order valence-corrected chi connectivity index (χ0v) is 13.4. The zero-order valence-electron chi connectivity index (χ0n) is 12.5. The molecule has 1 aromatic carbocycles. The highest BCUT2D eigenvalue weighted by atomic mass is 32.1. The molecule has 0 aliphatic rings. The maximum absolute atomic E-state index is 13.8. The molecule has 4 nitrogen and oxygen atoms in total. The predicted molar refractivity (Wildman–Crippen MR) is 84.3 cm³/mol. The van der Waals surface area contributed by atoms with Gasteiger partial charge in [0.05, 0.1) is 17.5 Å². The summed E-state index contributed by atoms with van der Waals surface area (Å²) in [4.78, 5) is 18.1. The average molecular weight is 336 g/mol. The Balaban J connectivity index is 2.05. The van der Waals surface area contributed by atoms with Crippen LogP contribution in [-0.2, 0) is 11.3 Å². The molecule has 120 valence electrons. The molecule has 0 atom stereocenters. The number of anilines is 1. The SMILES string of the molecule is CC(C)C(=O)N(Cc1ccco1)c1nc2c(F)cc(F)cc2s1. The number of furan rings is 1. The summed E-state index contributed by atoms with van der Waals surface area (Å²) in [7, 11) is 0. The van der Waals surface area contributed by atoms with E-state index in [0.717, 1.165) is 17.4 Å². The number of amides is 1. The Bertz CT molecular complexity index is 843. The fraction of sp³-hybridized carbons (Fsp3) is 0.250. The van der Waals surface area contributed by atoms with Gasteiger partial charge in [0.2, 0.25) is 5.91 Å². The number of nitrogens with zero attached hydrogens (tertiary/aromatic N) is 2. The van der Waals surface area contributed by atoms with Crippen LogP contribution in [0.25, 0.3) is 10.2 Å². The van der Waals surface area contributed by atoms with Gasteiger partial charge in [0, 0.05) is 12.0 Å². The minimum Gasteiger partial charge on any atom is -0.467 e. The molecule has 23 heavy (non-hydrogen) atoms. The highest BCUT2D eigenvalue weighted by Gasteiger charge is 2.24. The van der Waals surface area contributed by atoms with Crippen molar-refractivity contribution in [2.45, 2.75) is 20.4 Å². The molecule has 0 saturated carbocycles. The van der Waals surface area contributed by atoms with Crippen molar-refractivity contribution >= 4 is 32.6 Å². The molecule has 1 amide bonds.